The highest BCUT2D eigenvalue weighted by molar-refractivity contribution is 5.90. The highest BCUT2D eigenvalue weighted by Gasteiger charge is 2.33. The molecular weight excluding hydrogens is 417 g/mol. The van der Waals surface area contributed by atoms with E-state index < -0.39 is 5.82 Å². The van der Waals surface area contributed by atoms with Crippen LogP contribution in [0.5, 0.6) is 5.75 Å². The molecule has 0 aliphatic carbocycles. The van der Waals surface area contributed by atoms with Crippen LogP contribution in [0.15, 0.2) is 91.1 Å². The van der Waals surface area contributed by atoms with Crippen LogP contribution in [-0.2, 0) is 6.54 Å². The Morgan fingerprint density at radius 1 is 1.00 bits per heavy atom. The van der Waals surface area contributed by atoms with Gasteiger partial charge in [-0.05, 0) is 60.5 Å². The fourth-order valence-electron chi connectivity index (χ4n) is 4.35. The van der Waals surface area contributed by atoms with Crippen molar-refractivity contribution >= 4 is 11.7 Å². The van der Waals surface area contributed by atoms with E-state index in [1.54, 1.807) is 23.1 Å². The number of hydrogen-bond acceptors (Lipinski definition) is 2. The Kier molecular flexibility index (Phi) is 5.57. The molecule has 0 fully saturated rings. The first kappa shape index (κ1) is 20.8. The van der Waals surface area contributed by atoms with Crippen LogP contribution in [0.3, 0.4) is 0 Å². The molecule has 0 spiro atoms. The third-order valence-electron chi connectivity index (χ3n) is 5.85. The lowest BCUT2D eigenvalue weighted by molar-refractivity contribution is 0.194. The summed E-state index contributed by atoms with van der Waals surface area (Å²) in [6.07, 6.45) is 2.01. The number of carbonyl (C=O) groups is 1. The third-order valence-corrected chi connectivity index (χ3v) is 5.85. The van der Waals surface area contributed by atoms with Gasteiger partial charge in [-0.2, -0.15) is 0 Å². The van der Waals surface area contributed by atoms with E-state index in [0.717, 1.165) is 28.3 Å². The van der Waals surface area contributed by atoms with Gasteiger partial charge in [0.25, 0.3) is 0 Å². The fraction of sp³-hybridized carbons (Fsp3) is 0.148. The Hall–Kier alpha value is -4.06. The highest BCUT2D eigenvalue weighted by atomic mass is 19.1. The molecular formula is C27H24FN3O2. The number of nitrogens with zero attached hydrogens (tertiary/aromatic N) is 2. The van der Waals surface area contributed by atoms with Gasteiger partial charge < -0.3 is 19.5 Å². The van der Waals surface area contributed by atoms with E-state index >= 15 is 0 Å². The molecule has 3 aromatic carbocycles. The van der Waals surface area contributed by atoms with Crippen LogP contribution in [0, 0.1) is 5.82 Å². The van der Waals surface area contributed by atoms with E-state index in [1.807, 2.05) is 73.8 Å². The molecule has 6 heteroatoms. The summed E-state index contributed by atoms with van der Waals surface area (Å²) >= 11 is 0. The molecule has 4 aromatic rings. The number of anilines is 1. The standard InChI is InChI=1S/C27H24FN3O2/c1-2-33-21-15-13-19(14-16-21)26-25-12-7-17-30(25)24-11-6-3-8-20(24)18-31(26)27(32)29-23-10-5-4-9-22(23)28/h3-17,26H,2,18H2,1H3,(H,29,32). The van der Waals surface area contributed by atoms with Gasteiger partial charge in [0.2, 0.25) is 0 Å². The van der Waals surface area contributed by atoms with Gasteiger partial charge in [-0.1, -0.05) is 42.5 Å². The summed E-state index contributed by atoms with van der Waals surface area (Å²) in [5, 5.41) is 2.77. The second-order valence-electron chi connectivity index (χ2n) is 7.87. The summed E-state index contributed by atoms with van der Waals surface area (Å²) in [5.74, 6) is 0.304. The summed E-state index contributed by atoms with van der Waals surface area (Å²) in [4.78, 5) is 15.3. The lowest BCUT2D eigenvalue weighted by atomic mass is 10.0. The molecule has 1 aliphatic heterocycles. The molecule has 1 N–H and O–H groups in total. The molecule has 1 atom stereocenters. The van der Waals surface area contributed by atoms with Crippen molar-refractivity contribution in [2.75, 3.05) is 11.9 Å². The van der Waals surface area contributed by atoms with Crippen molar-refractivity contribution in [3.8, 4) is 11.4 Å². The second-order valence-corrected chi connectivity index (χ2v) is 7.87. The average Bonchev–Trinajstić information content (AvgIpc) is 3.26. The minimum atomic E-state index is -0.470. The minimum Gasteiger partial charge on any atom is -0.494 e. The number of aromatic nitrogens is 1. The van der Waals surface area contributed by atoms with E-state index in [4.69, 9.17) is 4.74 Å². The normalized spacial score (nSPS) is 14.7. The van der Waals surface area contributed by atoms with Gasteiger partial charge in [0.05, 0.1) is 30.6 Å². The van der Waals surface area contributed by atoms with Crippen LogP contribution in [0.4, 0.5) is 14.9 Å². The van der Waals surface area contributed by atoms with E-state index in [0.29, 0.717) is 13.2 Å². The number of amides is 2. The van der Waals surface area contributed by atoms with Crippen molar-refractivity contribution in [2.24, 2.45) is 0 Å². The first-order valence-electron chi connectivity index (χ1n) is 11.0. The number of fused-ring (bicyclic) bond motifs is 3. The molecule has 1 aromatic heterocycles. The molecule has 2 amide bonds. The topological polar surface area (TPSA) is 46.5 Å². The van der Waals surface area contributed by atoms with Crippen molar-refractivity contribution < 1.29 is 13.9 Å². The first-order chi connectivity index (χ1) is 16.2. The van der Waals surface area contributed by atoms with Crippen LogP contribution < -0.4 is 10.1 Å². The number of nitrogens with one attached hydrogen (secondary N) is 1. The number of para-hydroxylation sites is 2. The Bertz CT molecular complexity index is 1280. The molecule has 1 unspecified atom stereocenters. The smallest absolute Gasteiger partial charge is 0.323 e. The minimum absolute atomic E-state index is 0.154. The maximum absolute atomic E-state index is 14.3. The van der Waals surface area contributed by atoms with Gasteiger partial charge in [0, 0.05) is 11.9 Å². The van der Waals surface area contributed by atoms with E-state index in [9.17, 15) is 9.18 Å². The van der Waals surface area contributed by atoms with E-state index in [-0.39, 0.29) is 17.8 Å². The number of rotatable bonds is 4. The molecule has 0 saturated carbocycles. The quantitative estimate of drug-likeness (QED) is 0.413. The zero-order valence-corrected chi connectivity index (χ0v) is 18.2. The summed E-state index contributed by atoms with van der Waals surface area (Å²) in [6, 6.07) is 25.2. The van der Waals surface area contributed by atoms with E-state index in [1.165, 1.54) is 6.07 Å². The van der Waals surface area contributed by atoms with Crippen molar-refractivity contribution in [3.05, 3.63) is 114 Å². The zero-order valence-electron chi connectivity index (χ0n) is 18.2. The van der Waals surface area contributed by atoms with Crippen molar-refractivity contribution in [1.29, 1.82) is 0 Å². The van der Waals surface area contributed by atoms with Crippen LogP contribution >= 0.6 is 0 Å². The maximum atomic E-state index is 14.3. The molecule has 33 heavy (non-hydrogen) atoms. The SMILES string of the molecule is CCOc1ccc(C2c3cccn3-c3ccccc3CN2C(=O)Nc2ccccc2F)cc1. The highest BCUT2D eigenvalue weighted by Crippen LogP contribution is 2.37. The van der Waals surface area contributed by atoms with Gasteiger partial charge in [-0.3, -0.25) is 0 Å². The fourth-order valence-corrected chi connectivity index (χ4v) is 4.35. The van der Waals surface area contributed by atoms with Crippen molar-refractivity contribution in [1.82, 2.24) is 9.47 Å². The van der Waals surface area contributed by atoms with Gasteiger partial charge in [-0.15, -0.1) is 0 Å². The summed E-state index contributed by atoms with van der Waals surface area (Å²) in [5.41, 5.74) is 4.07. The van der Waals surface area contributed by atoms with E-state index in [2.05, 4.69) is 9.88 Å². The Morgan fingerprint density at radius 3 is 2.55 bits per heavy atom. The average molecular weight is 442 g/mol. The predicted octanol–water partition coefficient (Wildman–Crippen LogP) is 6.15. The summed E-state index contributed by atoms with van der Waals surface area (Å²) in [6.45, 7) is 2.90. The first-order valence-corrected chi connectivity index (χ1v) is 11.0. The number of benzene rings is 3. The zero-order chi connectivity index (χ0) is 22.8. The second kappa shape index (κ2) is 8.82. The van der Waals surface area contributed by atoms with Gasteiger partial charge >= 0.3 is 6.03 Å². The molecule has 5 nitrogen and oxygen atoms in total. The Morgan fingerprint density at radius 2 is 1.76 bits per heavy atom. The molecule has 2 heterocycles. The molecule has 5 rings (SSSR count). The number of ether oxygens (including phenoxy) is 1. The molecule has 1 aliphatic rings. The molecule has 0 saturated heterocycles. The predicted molar refractivity (Wildman–Crippen MR) is 126 cm³/mol. The van der Waals surface area contributed by atoms with Crippen LogP contribution in [0.25, 0.3) is 5.69 Å². The third kappa shape index (κ3) is 3.96. The van der Waals surface area contributed by atoms with Gasteiger partial charge in [0.15, 0.2) is 0 Å². The molecule has 166 valence electrons. The lowest BCUT2D eigenvalue weighted by Gasteiger charge is -2.31. The number of halogens is 1. The van der Waals surface area contributed by atoms with Crippen LogP contribution in [0.1, 0.15) is 29.8 Å². The summed E-state index contributed by atoms with van der Waals surface area (Å²) < 4.78 is 22.0. The number of carbonyl (C=O) groups excluding carboxylic acids is 1. The van der Waals surface area contributed by atoms with Gasteiger partial charge in [0.1, 0.15) is 11.6 Å². The number of urea groups is 1. The lowest BCUT2D eigenvalue weighted by Crippen LogP contribution is -2.38. The van der Waals surface area contributed by atoms with Crippen LogP contribution in [-0.4, -0.2) is 22.1 Å². The largest absolute Gasteiger partial charge is 0.494 e. The van der Waals surface area contributed by atoms with Crippen molar-refractivity contribution in [2.45, 2.75) is 19.5 Å². The van der Waals surface area contributed by atoms with Gasteiger partial charge in [-0.25, -0.2) is 9.18 Å². The maximum Gasteiger partial charge on any atom is 0.323 e. The Labute approximate surface area is 192 Å². The summed E-state index contributed by atoms with van der Waals surface area (Å²) in [7, 11) is 0. The molecule has 0 bridgehead atoms. The Balaban J connectivity index is 1.61. The van der Waals surface area contributed by atoms with Crippen molar-refractivity contribution in [3.63, 3.8) is 0 Å². The monoisotopic (exact) mass is 441 g/mol. The number of hydrogen-bond donors (Lipinski definition) is 1. The molecule has 0 radical (unpaired) electrons. The van der Waals surface area contributed by atoms with Crippen LogP contribution in [0.2, 0.25) is 0 Å².